The molecule has 0 amide bonds. The number of non-ortho nitro benzene ring substituents is 1. The molecule has 1 aromatic rings. The van der Waals surface area contributed by atoms with E-state index < -0.39 is 0 Å². The molecule has 19 heavy (non-hydrogen) atoms. The number of hydrogen-bond donors (Lipinski definition) is 1. The van der Waals surface area contributed by atoms with E-state index in [4.69, 9.17) is 4.74 Å². The van der Waals surface area contributed by atoms with Gasteiger partial charge in [0.25, 0.3) is 5.69 Å². The van der Waals surface area contributed by atoms with Gasteiger partial charge in [-0.05, 0) is 32.1 Å². The highest BCUT2D eigenvalue weighted by Crippen LogP contribution is 2.30. The summed E-state index contributed by atoms with van der Waals surface area (Å²) in [5.41, 5.74) is 0.832. The van der Waals surface area contributed by atoms with E-state index in [1.807, 2.05) is 6.07 Å². The third-order valence-electron chi connectivity index (χ3n) is 3.29. The lowest BCUT2D eigenvalue weighted by atomic mass is 10.2. The van der Waals surface area contributed by atoms with Gasteiger partial charge in [0.1, 0.15) is 5.75 Å². The van der Waals surface area contributed by atoms with Crippen molar-refractivity contribution in [3.05, 3.63) is 28.3 Å². The summed E-state index contributed by atoms with van der Waals surface area (Å²) < 4.78 is 5.84. The Hall–Kier alpha value is -1.78. The first-order valence-corrected chi connectivity index (χ1v) is 6.89. The Labute approximate surface area is 113 Å². The number of anilines is 1. The molecule has 0 spiro atoms. The molecule has 0 aromatic heterocycles. The smallest absolute Gasteiger partial charge is 0.275 e. The van der Waals surface area contributed by atoms with Crippen LogP contribution in [0, 0.1) is 10.1 Å². The molecule has 1 fully saturated rings. The van der Waals surface area contributed by atoms with Gasteiger partial charge in [0, 0.05) is 24.4 Å². The number of rotatable bonds is 6. The highest BCUT2D eigenvalue weighted by atomic mass is 16.6. The number of benzene rings is 1. The highest BCUT2D eigenvalue weighted by molar-refractivity contribution is 5.56. The van der Waals surface area contributed by atoms with Crippen molar-refractivity contribution >= 4 is 11.4 Å². The van der Waals surface area contributed by atoms with Crippen molar-refractivity contribution in [3.8, 4) is 5.75 Å². The Balaban J connectivity index is 2.15. The lowest BCUT2D eigenvalue weighted by molar-refractivity contribution is -0.384. The normalized spacial score (nSPS) is 15.4. The highest BCUT2D eigenvalue weighted by Gasteiger charge is 2.18. The summed E-state index contributed by atoms with van der Waals surface area (Å²) in [6.45, 7) is 2.85. The molecule has 0 radical (unpaired) electrons. The molecule has 1 aliphatic carbocycles. The van der Waals surface area contributed by atoms with Crippen LogP contribution in [-0.2, 0) is 0 Å². The van der Waals surface area contributed by atoms with E-state index in [-0.39, 0.29) is 16.7 Å². The summed E-state index contributed by atoms with van der Waals surface area (Å²) >= 11 is 0. The Bertz CT molecular complexity index is 442. The third kappa shape index (κ3) is 3.84. The average molecular weight is 264 g/mol. The topological polar surface area (TPSA) is 64.4 Å². The predicted octanol–water partition coefficient (Wildman–Crippen LogP) is 3.74. The summed E-state index contributed by atoms with van der Waals surface area (Å²) in [6.07, 6.45) is 5.63. The van der Waals surface area contributed by atoms with Crippen LogP contribution in [0.15, 0.2) is 18.2 Å². The lowest BCUT2D eigenvalue weighted by Crippen LogP contribution is -2.11. The molecule has 1 aliphatic rings. The van der Waals surface area contributed by atoms with E-state index in [2.05, 4.69) is 12.2 Å². The number of nitro benzene ring substituents is 1. The maximum atomic E-state index is 10.9. The Morgan fingerprint density at radius 3 is 2.74 bits per heavy atom. The fraction of sp³-hybridized carbons (Fsp3) is 0.571. The van der Waals surface area contributed by atoms with Crippen molar-refractivity contribution in [2.45, 2.75) is 45.1 Å². The van der Waals surface area contributed by atoms with Crippen molar-refractivity contribution in [2.24, 2.45) is 0 Å². The van der Waals surface area contributed by atoms with Crippen molar-refractivity contribution in [3.63, 3.8) is 0 Å². The number of hydrogen-bond acceptors (Lipinski definition) is 4. The number of ether oxygens (including phenoxy) is 1. The molecule has 0 heterocycles. The van der Waals surface area contributed by atoms with E-state index in [9.17, 15) is 10.1 Å². The second-order valence-corrected chi connectivity index (χ2v) is 4.92. The largest absolute Gasteiger partial charge is 0.490 e. The minimum atomic E-state index is -0.376. The molecule has 104 valence electrons. The van der Waals surface area contributed by atoms with Gasteiger partial charge >= 0.3 is 0 Å². The summed E-state index contributed by atoms with van der Waals surface area (Å²) in [7, 11) is 0. The maximum Gasteiger partial charge on any atom is 0.275 e. The Morgan fingerprint density at radius 2 is 2.11 bits per heavy atom. The first-order valence-electron chi connectivity index (χ1n) is 6.89. The lowest BCUT2D eigenvalue weighted by Gasteiger charge is -2.14. The first-order chi connectivity index (χ1) is 9.19. The second kappa shape index (κ2) is 6.41. The number of nitrogens with zero attached hydrogens (tertiary/aromatic N) is 1. The fourth-order valence-electron chi connectivity index (χ4n) is 2.33. The molecule has 1 saturated carbocycles. The SMILES string of the molecule is CCCNc1cc(OC2CCCC2)cc([N+](=O)[O-])c1. The third-order valence-corrected chi connectivity index (χ3v) is 3.29. The van der Waals surface area contributed by atoms with Gasteiger partial charge in [0.2, 0.25) is 0 Å². The monoisotopic (exact) mass is 264 g/mol. The van der Waals surface area contributed by atoms with Crippen molar-refractivity contribution in [2.75, 3.05) is 11.9 Å². The van der Waals surface area contributed by atoms with Crippen LogP contribution >= 0.6 is 0 Å². The molecule has 0 bridgehead atoms. The van der Waals surface area contributed by atoms with Crippen LogP contribution in [-0.4, -0.2) is 17.6 Å². The van der Waals surface area contributed by atoms with Crippen LogP contribution in [0.25, 0.3) is 0 Å². The fourth-order valence-corrected chi connectivity index (χ4v) is 2.33. The zero-order valence-electron chi connectivity index (χ0n) is 11.2. The molecule has 0 saturated heterocycles. The molecule has 2 rings (SSSR count). The molecule has 0 unspecified atom stereocenters. The van der Waals surface area contributed by atoms with Gasteiger partial charge in [0.05, 0.1) is 17.1 Å². The van der Waals surface area contributed by atoms with Gasteiger partial charge in [-0.3, -0.25) is 10.1 Å². The van der Waals surface area contributed by atoms with E-state index in [0.29, 0.717) is 5.75 Å². The van der Waals surface area contributed by atoms with E-state index in [1.54, 1.807) is 6.07 Å². The molecule has 1 N–H and O–H groups in total. The zero-order valence-corrected chi connectivity index (χ0v) is 11.2. The number of nitrogens with one attached hydrogen (secondary N) is 1. The minimum Gasteiger partial charge on any atom is -0.490 e. The quantitative estimate of drug-likeness (QED) is 0.628. The van der Waals surface area contributed by atoms with Crippen LogP contribution in [0.3, 0.4) is 0 Å². The van der Waals surface area contributed by atoms with Gasteiger partial charge in [-0.15, -0.1) is 0 Å². The standard InChI is InChI=1S/C14H20N2O3/c1-2-7-15-11-8-12(16(17)18)10-14(9-11)19-13-5-3-4-6-13/h8-10,13,15H,2-7H2,1H3. The summed E-state index contributed by atoms with van der Waals surface area (Å²) in [6, 6.07) is 4.91. The minimum absolute atomic E-state index is 0.0779. The Morgan fingerprint density at radius 1 is 1.37 bits per heavy atom. The van der Waals surface area contributed by atoms with Crippen LogP contribution in [0.2, 0.25) is 0 Å². The molecular weight excluding hydrogens is 244 g/mol. The summed E-state index contributed by atoms with van der Waals surface area (Å²) in [5, 5.41) is 14.1. The van der Waals surface area contributed by atoms with Gasteiger partial charge in [-0.2, -0.15) is 0 Å². The van der Waals surface area contributed by atoms with Gasteiger partial charge in [0.15, 0.2) is 0 Å². The van der Waals surface area contributed by atoms with Crippen molar-refractivity contribution in [1.82, 2.24) is 0 Å². The van der Waals surface area contributed by atoms with Crippen molar-refractivity contribution in [1.29, 1.82) is 0 Å². The van der Waals surface area contributed by atoms with Crippen LogP contribution < -0.4 is 10.1 Å². The first kappa shape index (κ1) is 13.6. The molecular formula is C14H20N2O3. The average Bonchev–Trinajstić information content (AvgIpc) is 2.89. The van der Waals surface area contributed by atoms with E-state index in [1.165, 1.54) is 18.9 Å². The Kier molecular flexibility index (Phi) is 4.60. The van der Waals surface area contributed by atoms with Crippen LogP contribution in [0.5, 0.6) is 5.75 Å². The molecule has 1 aromatic carbocycles. The molecule has 5 heteroatoms. The van der Waals surface area contributed by atoms with E-state index >= 15 is 0 Å². The second-order valence-electron chi connectivity index (χ2n) is 4.92. The maximum absolute atomic E-state index is 10.9. The molecule has 5 nitrogen and oxygen atoms in total. The summed E-state index contributed by atoms with van der Waals surface area (Å²) in [5.74, 6) is 0.597. The zero-order chi connectivity index (χ0) is 13.7. The van der Waals surface area contributed by atoms with Gasteiger partial charge in [-0.1, -0.05) is 6.92 Å². The molecule has 0 aliphatic heterocycles. The van der Waals surface area contributed by atoms with E-state index in [0.717, 1.165) is 31.5 Å². The molecule has 0 atom stereocenters. The number of nitro groups is 1. The predicted molar refractivity (Wildman–Crippen MR) is 74.8 cm³/mol. The summed E-state index contributed by atoms with van der Waals surface area (Å²) in [4.78, 5) is 10.6. The van der Waals surface area contributed by atoms with Gasteiger partial charge in [-0.25, -0.2) is 0 Å². The van der Waals surface area contributed by atoms with Crippen LogP contribution in [0.4, 0.5) is 11.4 Å². The van der Waals surface area contributed by atoms with Crippen molar-refractivity contribution < 1.29 is 9.66 Å². The van der Waals surface area contributed by atoms with Gasteiger partial charge < -0.3 is 10.1 Å². The van der Waals surface area contributed by atoms with Crippen LogP contribution in [0.1, 0.15) is 39.0 Å².